The van der Waals surface area contributed by atoms with Crippen LogP contribution in [0.2, 0.25) is 0 Å². The number of para-hydroxylation sites is 1. The van der Waals surface area contributed by atoms with Crippen LogP contribution in [0.5, 0.6) is 5.75 Å². The van der Waals surface area contributed by atoms with E-state index >= 15 is 0 Å². The molecule has 94 valence electrons. The van der Waals surface area contributed by atoms with E-state index in [-0.39, 0.29) is 12.0 Å². The summed E-state index contributed by atoms with van der Waals surface area (Å²) in [6, 6.07) is 8.06. The second kappa shape index (κ2) is 6.06. The molecule has 0 fully saturated rings. The first-order chi connectivity index (χ1) is 8.33. The van der Waals surface area contributed by atoms with Crippen LogP contribution in [0.4, 0.5) is 0 Å². The highest BCUT2D eigenvalue weighted by molar-refractivity contribution is 5.40. The van der Waals surface area contributed by atoms with Gasteiger partial charge >= 0.3 is 0 Å². The molecule has 2 rings (SSSR count). The maximum atomic E-state index is 10.2. The predicted molar refractivity (Wildman–Crippen MR) is 69.4 cm³/mol. The molecular weight excluding hydrogens is 212 g/mol. The molecule has 0 saturated carbocycles. The summed E-state index contributed by atoms with van der Waals surface area (Å²) < 4.78 is 5.60. The lowest BCUT2D eigenvalue weighted by atomic mass is 9.92. The Morgan fingerprint density at radius 2 is 2.12 bits per heavy atom. The third kappa shape index (κ3) is 3.01. The van der Waals surface area contributed by atoms with Crippen LogP contribution in [0.25, 0.3) is 0 Å². The molecule has 2 nitrogen and oxygen atoms in total. The fraction of sp³-hybridized carbons (Fsp3) is 0.600. The molecule has 2 unspecified atom stereocenters. The largest absolute Gasteiger partial charge is 0.493 e. The highest BCUT2D eigenvalue weighted by Crippen LogP contribution is 2.36. The van der Waals surface area contributed by atoms with Crippen LogP contribution in [-0.4, -0.2) is 17.8 Å². The summed E-state index contributed by atoms with van der Waals surface area (Å²) in [5.41, 5.74) is 1.18. The molecule has 2 heteroatoms. The third-order valence-electron chi connectivity index (χ3n) is 3.55. The topological polar surface area (TPSA) is 29.5 Å². The summed E-state index contributed by atoms with van der Waals surface area (Å²) in [4.78, 5) is 0. The molecule has 1 aliphatic heterocycles. The Balaban J connectivity index is 1.87. The maximum absolute atomic E-state index is 10.2. The third-order valence-corrected chi connectivity index (χ3v) is 3.55. The second-order valence-corrected chi connectivity index (χ2v) is 4.87. The summed E-state index contributed by atoms with van der Waals surface area (Å²) in [7, 11) is 0. The van der Waals surface area contributed by atoms with Crippen molar-refractivity contribution in [2.45, 2.75) is 51.0 Å². The SMILES string of the molecule is CCCCCCC(O)C1COc2ccccc21. The van der Waals surface area contributed by atoms with Crippen molar-refractivity contribution in [2.75, 3.05) is 6.61 Å². The van der Waals surface area contributed by atoms with Crippen molar-refractivity contribution in [2.24, 2.45) is 0 Å². The van der Waals surface area contributed by atoms with Crippen molar-refractivity contribution in [3.05, 3.63) is 29.8 Å². The van der Waals surface area contributed by atoms with Gasteiger partial charge in [0.15, 0.2) is 0 Å². The van der Waals surface area contributed by atoms with Crippen LogP contribution in [0.15, 0.2) is 24.3 Å². The summed E-state index contributed by atoms with van der Waals surface area (Å²) >= 11 is 0. The Morgan fingerprint density at radius 1 is 1.29 bits per heavy atom. The highest BCUT2D eigenvalue weighted by Gasteiger charge is 2.29. The van der Waals surface area contributed by atoms with Gasteiger partial charge in [-0.2, -0.15) is 0 Å². The Bertz CT molecular complexity index is 349. The van der Waals surface area contributed by atoms with E-state index in [0.29, 0.717) is 6.61 Å². The van der Waals surface area contributed by atoms with Gasteiger partial charge in [-0.1, -0.05) is 50.8 Å². The zero-order valence-electron chi connectivity index (χ0n) is 10.6. The lowest BCUT2D eigenvalue weighted by molar-refractivity contribution is 0.117. The first-order valence-corrected chi connectivity index (χ1v) is 6.72. The van der Waals surface area contributed by atoms with Gasteiger partial charge in [0.05, 0.1) is 12.7 Å². The average molecular weight is 234 g/mol. The number of aliphatic hydroxyl groups excluding tert-OH is 1. The van der Waals surface area contributed by atoms with E-state index in [0.717, 1.165) is 18.6 Å². The highest BCUT2D eigenvalue weighted by atomic mass is 16.5. The second-order valence-electron chi connectivity index (χ2n) is 4.87. The van der Waals surface area contributed by atoms with E-state index in [1.165, 1.54) is 24.8 Å². The average Bonchev–Trinajstić information content (AvgIpc) is 2.78. The van der Waals surface area contributed by atoms with Gasteiger partial charge in [0.1, 0.15) is 5.75 Å². The van der Waals surface area contributed by atoms with Gasteiger partial charge in [-0.3, -0.25) is 0 Å². The number of ether oxygens (including phenoxy) is 1. The summed E-state index contributed by atoms with van der Waals surface area (Å²) in [6.07, 6.45) is 5.49. The van der Waals surface area contributed by atoms with Crippen molar-refractivity contribution in [1.82, 2.24) is 0 Å². The molecule has 1 aliphatic rings. The number of benzene rings is 1. The zero-order valence-corrected chi connectivity index (χ0v) is 10.6. The van der Waals surface area contributed by atoms with Crippen molar-refractivity contribution in [1.29, 1.82) is 0 Å². The van der Waals surface area contributed by atoms with Gasteiger partial charge in [-0.15, -0.1) is 0 Å². The summed E-state index contributed by atoms with van der Waals surface area (Å²) in [6.45, 7) is 2.84. The van der Waals surface area contributed by atoms with Crippen LogP contribution in [0.1, 0.15) is 50.5 Å². The fourth-order valence-corrected chi connectivity index (χ4v) is 2.49. The normalized spacial score (nSPS) is 19.8. The smallest absolute Gasteiger partial charge is 0.123 e. The minimum atomic E-state index is -0.254. The lowest BCUT2D eigenvalue weighted by Gasteiger charge is -2.16. The van der Waals surface area contributed by atoms with E-state index in [4.69, 9.17) is 4.74 Å². The van der Waals surface area contributed by atoms with Crippen LogP contribution < -0.4 is 4.74 Å². The first-order valence-electron chi connectivity index (χ1n) is 6.72. The molecule has 1 N–H and O–H groups in total. The standard InChI is InChI=1S/C15H22O2/c1-2-3-4-5-9-14(16)13-11-17-15-10-7-6-8-12(13)15/h6-8,10,13-14,16H,2-5,9,11H2,1H3. The molecule has 0 amide bonds. The van der Waals surface area contributed by atoms with E-state index in [1.807, 2.05) is 18.2 Å². The number of fused-ring (bicyclic) bond motifs is 1. The van der Waals surface area contributed by atoms with Crippen molar-refractivity contribution < 1.29 is 9.84 Å². The Kier molecular flexibility index (Phi) is 4.43. The van der Waals surface area contributed by atoms with Crippen molar-refractivity contribution in [3.63, 3.8) is 0 Å². The molecule has 0 spiro atoms. The minimum Gasteiger partial charge on any atom is -0.493 e. The van der Waals surface area contributed by atoms with Crippen molar-refractivity contribution >= 4 is 0 Å². The van der Waals surface area contributed by atoms with Crippen LogP contribution in [0, 0.1) is 0 Å². The molecule has 1 heterocycles. The molecular formula is C15H22O2. The number of aliphatic hydroxyl groups is 1. The maximum Gasteiger partial charge on any atom is 0.123 e. The van der Waals surface area contributed by atoms with Gasteiger partial charge in [0.25, 0.3) is 0 Å². The van der Waals surface area contributed by atoms with Crippen LogP contribution >= 0.6 is 0 Å². The Morgan fingerprint density at radius 3 is 2.94 bits per heavy atom. The Hall–Kier alpha value is -1.02. The van der Waals surface area contributed by atoms with E-state index < -0.39 is 0 Å². The minimum absolute atomic E-state index is 0.174. The number of rotatable bonds is 6. The quantitative estimate of drug-likeness (QED) is 0.763. The van der Waals surface area contributed by atoms with Gasteiger partial charge in [-0.25, -0.2) is 0 Å². The molecule has 1 aromatic carbocycles. The van der Waals surface area contributed by atoms with Crippen molar-refractivity contribution in [3.8, 4) is 5.75 Å². The van der Waals surface area contributed by atoms with Crippen LogP contribution in [0.3, 0.4) is 0 Å². The van der Waals surface area contributed by atoms with Crippen LogP contribution in [-0.2, 0) is 0 Å². The van der Waals surface area contributed by atoms with E-state index in [1.54, 1.807) is 0 Å². The Labute approximate surface area is 104 Å². The molecule has 0 saturated heterocycles. The summed E-state index contributed by atoms with van der Waals surface area (Å²) in [5.74, 6) is 1.12. The number of unbranched alkanes of at least 4 members (excludes halogenated alkanes) is 3. The molecule has 17 heavy (non-hydrogen) atoms. The number of hydrogen-bond donors (Lipinski definition) is 1. The fourth-order valence-electron chi connectivity index (χ4n) is 2.49. The van der Waals surface area contributed by atoms with E-state index in [9.17, 15) is 5.11 Å². The molecule has 2 atom stereocenters. The zero-order chi connectivity index (χ0) is 12.1. The van der Waals surface area contributed by atoms with Gasteiger partial charge < -0.3 is 9.84 Å². The summed E-state index contributed by atoms with van der Waals surface area (Å²) in [5, 5.41) is 10.2. The molecule has 1 aromatic rings. The number of hydrogen-bond acceptors (Lipinski definition) is 2. The predicted octanol–water partition coefficient (Wildman–Crippen LogP) is 3.49. The van der Waals surface area contributed by atoms with Gasteiger partial charge in [0, 0.05) is 11.5 Å². The van der Waals surface area contributed by atoms with Gasteiger partial charge in [0.2, 0.25) is 0 Å². The lowest BCUT2D eigenvalue weighted by Crippen LogP contribution is -2.19. The molecule has 0 radical (unpaired) electrons. The monoisotopic (exact) mass is 234 g/mol. The molecule has 0 bridgehead atoms. The first kappa shape index (κ1) is 12.4. The molecule has 0 aliphatic carbocycles. The van der Waals surface area contributed by atoms with E-state index in [2.05, 4.69) is 13.0 Å². The van der Waals surface area contributed by atoms with Gasteiger partial charge in [-0.05, 0) is 12.5 Å². The molecule has 0 aromatic heterocycles.